The maximum atomic E-state index is 9.49. The molecular formula is C9H12N2O. The highest BCUT2D eigenvalue weighted by Gasteiger charge is 2.08. The molecule has 1 aromatic heterocycles. The Balaban J connectivity index is 2.54. The SMILES string of the molecule is C#CCCC(O)c1cn(C)cn1. The van der Waals surface area contributed by atoms with E-state index in [2.05, 4.69) is 10.9 Å². The fourth-order valence-corrected chi connectivity index (χ4v) is 0.973. The van der Waals surface area contributed by atoms with Gasteiger partial charge in [-0.25, -0.2) is 4.98 Å². The van der Waals surface area contributed by atoms with Crippen molar-refractivity contribution < 1.29 is 5.11 Å². The van der Waals surface area contributed by atoms with E-state index in [0.717, 1.165) is 0 Å². The van der Waals surface area contributed by atoms with Crippen LogP contribution in [0, 0.1) is 12.3 Å². The van der Waals surface area contributed by atoms with Gasteiger partial charge in [-0.1, -0.05) is 0 Å². The number of imidazole rings is 1. The van der Waals surface area contributed by atoms with Crippen molar-refractivity contribution >= 4 is 0 Å². The van der Waals surface area contributed by atoms with Crippen LogP contribution < -0.4 is 0 Å². The minimum Gasteiger partial charge on any atom is -0.387 e. The second kappa shape index (κ2) is 3.93. The van der Waals surface area contributed by atoms with Crippen molar-refractivity contribution in [1.82, 2.24) is 9.55 Å². The van der Waals surface area contributed by atoms with Crippen molar-refractivity contribution in [1.29, 1.82) is 0 Å². The van der Waals surface area contributed by atoms with Gasteiger partial charge in [-0.3, -0.25) is 0 Å². The molecule has 1 aromatic rings. The predicted molar refractivity (Wildman–Crippen MR) is 46.2 cm³/mol. The number of aryl methyl sites for hydroxylation is 1. The lowest BCUT2D eigenvalue weighted by molar-refractivity contribution is 0.165. The molecule has 0 bridgehead atoms. The van der Waals surface area contributed by atoms with Crippen LogP contribution in [0.2, 0.25) is 0 Å². The summed E-state index contributed by atoms with van der Waals surface area (Å²) in [6, 6.07) is 0. The molecule has 3 heteroatoms. The summed E-state index contributed by atoms with van der Waals surface area (Å²) in [6.45, 7) is 0. The number of terminal acetylenes is 1. The smallest absolute Gasteiger partial charge is 0.0984 e. The van der Waals surface area contributed by atoms with E-state index in [1.54, 1.807) is 17.1 Å². The van der Waals surface area contributed by atoms with Gasteiger partial charge in [0, 0.05) is 19.7 Å². The van der Waals surface area contributed by atoms with Crippen molar-refractivity contribution in [2.75, 3.05) is 0 Å². The number of hydrogen-bond donors (Lipinski definition) is 1. The summed E-state index contributed by atoms with van der Waals surface area (Å²) >= 11 is 0. The molecule has 3 nitrogen and oxygen atoms in total. The lowest BCUT2D eigenvalue weighted by Crippen LogP contribution is -1.96. The summed E-state index contributed by atoms with van der Waals surface area (Å²) in [5.74, 6) is 2.48. The Morgan fingerprint density at radius 1 is 1.83 bits per heavy atom. The minimum atomic E-state index is -0.526. The van der Waals surface area contributed by atoms with Crippen LogP contribution >= 0.6 is 0 Å². The predicted octanol–water partition coefficient (Wildman–Crippen LogP) is 0.867. The van der Waals surface area contributed by atoms with Gasteiger partial charge >= 0.3 is 0 Å². The van der Waals surface area contributed by atoms with Crippen molar-refractivity contribution in [3.63, 3.8) is 0 Å². The molecule has 0 amide bonds. The zero-order valence-corrected chi connectivity index (χ0v) is 7.07. The molecule has 12 heavy (non-hydrogen) atoms. The minimum absolute atomic E-state index is 0.526. The summed E-state index contributed by atoms with van der Waals surface area (Å²) in [5.41, 5.74) is 0.688. The highest BCUT2D eigenvalue weighted by molar-refractivity contribution is 5.01. The Morgan fingerprint density at radius 3 is 3.08 bits per heavy atom. The molecule has 0 aliphatic heterocycles. The third kappa shape index (κ3) is 2.11. The molecule has 0 saturated carbocycles. The highest BCUT2D eigenvalue weighted by atomic mass is 16.3. The van der Waals surface area contributed by atoms with Crippen LogP contribution in [0.15, 0.2) is 12.5 Å². The number of aliphatic hydroxyl groups excluding tert-OH is 1. The highest BCUT2D eigenvalue weighted by Crippen LogP contribution is 2.14. The van der Waals surface area contributed by atoms with Crippen LogP contribution in [-0.2, 0) is 7.05 Å². The molecule has 1 N–H and O–H groups in total. The molecule has 0 aromatic carbocycles. The van der Waals surface area contributed by atoms with Gasteiger partial charge < -0.3 is 9.67 Å². The van der Waals surface area contributed by atoms with E-state index in [1.165, 1.54) is 0 Å². The zero-order chi connectivity index (χ0) is 8.97. The van der Waals surface area contributed by atoms with Gasteiger partial charge in [0.1, 0.15) is 0 Å². The molecule has 1 heterocycles. The van der Waals surface area contributed by atoms with Crippen LogP contribution in [0.5, 0.6) is 0 Å². The molecule has 1 rings (SSSR count). The number of aliphatic hydroxyl groups is 1. The number of rotatable bonds is 3. The molecule has 1 unspecified atom stereocenters. The fraction of sp³-hybridized carbons (Fsp3) is 0.444. The van der Waals surface area contributed by atoms with Gasteiger partial charge in [-0.2, -0.15) is 0 Å². The van der Waals surface area contributed by atoms with E-state index >= 15 is 0 Å². The van der Waals surface area contributed by atoms with Crippen LogP contribution in [0.25, 0.3) is 0 Å². The third-order valence-electron chi connectivity index (χ3n) is 1.63. The lowest BCUT2D eigenvalue weighted by atomic mass is 10.1. The Labute approximate surface area is 72.1 Å². The Bertz CT molecular complexity index is 285. The van der Waals surface area contributed by atoms with E-state index < -0.39 is 6.10 Å². The molecule has 0 aliphatic rings. The molecule has 0 saturated heterocycles. The topological polar surface area (TPSA) is 38.0 Å². The van der Waals surface area contributed by atoms with Crippen molar-refractivity contribution in [2.45, 2.75) is 18.9 Å². The first-order valence-corrected chi connectivity index (χ1v) is 3.83. The Kier molecular flexibility index (Phi) is 2.89. The second-order valence-corrected chi connectivity index (χ2v) is 2.72. The van der Waals surface area contributed by atoms with Crippen LogP contribution in [0.3, 0.4) is 0 Å². The zero-order valence-electron chi connectivity index (χ0n) is 7.07. The first-order valence-electron chi connectivity index (χ1n) is 3.83. The average Bonchev–Trinajstić information content (AvgIpc) is 2.47. The monoisotopic (exact) mass is 164 g/mol. The first kappa shape index (κ1) is 8.82. The van der Waals surface area contributed by atoms with E-state index in [1.807, 2.05) is 7.05 Å². The number of nitrogens with zero attached hydrogens (tertiary/aromatic N) is 2. The molecule has 1 atom stereocenters. The second-order valence-electron chi connectivity index (χ2n) is 2.72. The molecule has 0 aliphatic carbocycles. The van der Waals surface area contributed by atoms with Crippen molar-refractivity contribution in [2.24, 2.45) is 7.05 Å². The number of hydrogen-bond acceptors (Lipinski definition) is 2. The van der Waals surface area contributed by atoms with E-state index in [0.29, 0.717) is 18.5 Å². The van der Waals surface area contributed by atoms with Gasteiger partial charge in [-0.15, -0.1) is 12.3 Å². The standard InChI is InChI=1S/C9H12N2O/c1-3-4-5-9(12)8-6-11(2)7-10-8/h1,6-7,9,12H,4-5H2,2H3. The van der Waals surface area contributed by atoms with Gasteiger partial charge in [0.15, 0.2) is 0 Å². The lowest BCUT2D eigenvalue weighted by Gasteiger charge is -2.03. The van der Waals surface area contributed by atoms with Gasteiger partial charge in [0.25, 0.3) is 0 Å². The van der Waals surface area contributed by atoms with Crippen LogP contribution in [-0.4, -0.2) is 14.7 Å². The number of aromatic nitrogens is 2. The normalized spacial score (nSPS) is 12.4. The molecule has 0 spiro atoms. The molecule has 0 radical (unpaired) electrons. The summed E-state index contributed by atoms with van der Waals surface area (Å²) in [7, 11) is 1.87. The fourth-order valence-electron chi connectivity index (χ4n) is 0.973. The third-order valence-corrected chi connectivity index (χ3v) is 1.63. The maximum Gasteiger partial charge on any atom is 0.0984 e. The molecule has 64 valence electrons. The first-order chi connectivity index (χ1) is 5.74. The maximum absolute atomic E-state index is 9.49. The Morgan fingerprint density at radius 2 is 2.58 bits per heavy atom. The van der Waals surface area contributed by atoms with Crippen LogP contribution in [0.4, 0.5) is 0 Å². The quantitative estimate of drug-likeness (QED) is 0.673. The largest absolute Gasteiger partial charge is 0.387 e. The molecular weight excluding hydrogens is 152 g/mol. The summed E-state index contributed by atoms with van der Waals surface area (Å²) in [4.78, 5) is 4.01. The van der Waals surface area contributed by atoms with Gasteiger partial charge in [0.2, 0.25) is 0 Å². The van der Waals surface area contributed by atoms with Gasteiger partial charge in [-0.05, 0) is 6.42 Å². The summed E-state index contributed by atoms with van der Waals surface area (Å²) in [5, 5.41) is 9.49. The van der Waals surface area contributed by atoms with Crippen molar-refractivity contribution in [3.8, 4) is 12.3 Å². The Hall–Kier alpha value is -1.27. The van der Waals surface area contributed by atoms with Crippen molar-refractivity contribution in [3.05, 3.63) is 18.2 Å². The van der Waals surface area contributed by atoms with E-state index in [4.69, 9.17) is 6.42 Å². The molecule has 0 fully saturated rings. The van der Waals surface area contributed by atoms with Crippen LogP contribution in [0.1, 0.15) is 24.6 Å². The summed E-state index contributed by atoms with van der Waals surface area (Å²) < 4.78 is 1.80. The average molecular weight is 164 g/mol. The van der Waals surface area contributed by atoms with Gasteiger partial charge in [0.05, 0.1) is 18.1 Å². The summed E-state index contributed by atoms with van der Waals surface area (Å²) in [6.07, 6.45) is 9.16. The van der Waals surface area contributed by atoms with E-state index in [9.17, 15) is 5.11 Å². The van der Waals surface area contributed by atoms with E-state index in [-0.39, 0.29) is 0 Å².